The van der Waals surface area contributed by atoms with Gasteiger partial charge in [-0.25, -0.2) is 13.2 Å². The monoisotopic (exact) mass is 635 g/mol. The summed E-state index contributed by atoms with van der Waals surface area (Å²) in [4.78, 5) is 32.4. The van der Waals surface area contributed by atoms with Gasteiger partial charge in [-0.3, -0.25) is 9.59 Å². The molecule has 4 aliphatic rings. The van der Waals surface area contributed by atoms with E-state index in [1.807, 2.05) is 12.1 Å². The number of halogens is 4. The Morgan fingerprint density at radius 3 is 2.09 bits per heavy atom. The number of anilines is 1. The minimum atomic E-state index is -2.64. The molecule has 3 heterocycles. The second kappa shape index (κ2) is 14.0. The van der Waals surface area contributed by atoms with Gasteiger partial charge in [0.05, 0.1) is 0 Å². The Morgan fingerprint density at radius 2 is 1.45 bits per heavy atom. The number of hydrogen-bond acceptors (Lipinski definition) is 6. The van der Waals surface area contributed by atoms with Crippen LogP contribution < -0.4 is 20.3 Å². The molecule has 4 fully saturated rings. The summed E-state index contributed by atoms with van der Waals surface area (Å²) in [6, 6.07) is 9.89. The average molecular weight is 636 g/mol. The summed E-state index contributed by atoms with van der Waals surface area (Å²) >= 11 is 0. The van der Waals surface area contributed by atoms with Gasteiger partial charge in [0.15, 0.2) is 0 Å². The Kier molecular flexibility index (Phi) is 10.3. The Labute approximate surface area is 262 Å². The quantitative estimate of drug-likeness (QED) is 0.494. The lowest BCUT2D eigenvalue weighted by Crippen LogP contribution is -2.50. The van der Waals surface area contributed by atoms with E-state index in [0.717, 1.165) is 51.3 Å². The molecule has 0 aromatic heterocycles. The predicted molar refractivity (Wildman–Crippen MR) is 165 cm³/mol. The molecule has 1 atom stereocenters. The van der Waals surface area contributed by atoms with Crippen molar-refractivity contribution in [1.29, 1.82) is 0 Å². The number of carbonyl (C=O) groups is 2. The summed E-state index contributed by atoms with van der Waals surface area (Å²) in [6.45, 7) is 6.09. The summed E-state index contributed by atoms with van der Waals surface area (Å²) in [6.07, 6.45) is 1.25. The summed E-state index contributed by atoms with van der Waals surface area (Å²) in [5, 5.41) is 6.56. The molecule has 2 aromatic carbocycles. The zero-order chi connectivity index (χ0) is 30.0. The van der Waals surface area contributed by atoms with Crippen LogP contribution in [-0.2, 0) is 0 Å². The molecule has 240 valence electrons. The minimum Gasteiger partial charge on any atom is -0.489 e. The molecule has 6 rings (SSSR count). The molecular formula is C32H41ClF3N5O3. The molecule has 12 heteroatoms. The smallest absolute Gasteiger partial charge is 0.254 e. The molecule has 2 aromatic rings. The van der Waals surface area contributed by atoms with E-state index in [9.17, 15) is 22.8 Å². The Morgan fingerprint density at radius 1 is 0.795 bits per heavy atom. The third-order valence-corrected chi connectivity index (χ3v) is 9.19. The molecule has 44 heavy (non-hydrogen) atoms. The number of amides is 2. The number of benzene rings is 2. The number of ether oxygens (including phenoxy) is 1. The lowest BCUT2D eigenvalue weighted by atomic mass is 9.81. The van der Waals surface area contributed by atoms with Crippen LogP contribution in [0.5, 0.6) is 5.75 Å². The predicted octanol–water partition coefficient (Wildman–Crippen LogP) is 4.29. The molecule has 3 saturated heterocycles. The Bertz CT molecular complexity index is 1320. The van der Waals surface area contributed by atoms with Crippen molar-refractivity contribution in [3.63, 3.8) is 0 Å². The highest BCUT2D eigenvalue weighted by Crippen LogP contribution is 2.44. The number of carbonyl (C=O) groups excluding carboxylic acids is 2. The topological polar surface area (TPSA) is 77.2 Å². The van der Waals surface area contributed by atoms with Crippen LogP contribution in [0.3, 0.4) is 0 Å². The molecule has 2 amide bonds. The number of piperazine rings is 2. The first-order valence-corrected chi connectivity index (χ1v) is 15.5. The van der Waals surface area contributed by atoms with E-state index >= 15 is 0 Å². The molecule has 0 radical (unpaired) electrons. The maximum absolute atomic E-state index is 14.5. The van der Waals surface area contributed by atoms with E-state index in [1.54, 1.807) is 21.9 Å². The molecular weight excluding hydrogens is 595 g/mol. The van der Waals surface area contributed by atoms with E-state index in [4.69, 9.17) is 4.74 Å². The first-order valence-electron chi connectivity index (χ1n) is 15.5. The Balaban J connectivity index is 0.00000384. The molecule has 1 unspecified atom stereocenters. The average Bonchev–Trinajstić information content (AvgIpc) is 3.54. The van der Waals surface area contributed by atoms with Crippen molar-refractivity contribution in [3.05, 3.63) is 58.9 Å². The zero-order valence-corrected chi connectivity index (χ0v) is 25.7. The van der Waals surface area contributed by atoms with E-state index in [1.165, 1.54) is 12.1 Å². The van der Waals surface area contributed by atoms with E-state index < -0.39 is 11.7 Å². The van der Waals surface area contributed by atoms with Crippen LogP contribution >= 0.6 is 12.4 Å². The van der Waals surface area contributed by atoms with Crippen LogP contribution in [0.2, 0.25) is 0 Å². The van der Waals surface area contributed by atoms with Crippen LogP contribution in [-0.4, -0.2) is 99.1 Å². The standard InChI is InChI=1S/C32H40F3N5O3.ClH/c33-25-17-24(18-26(20-25)38-11-9-36-10-12-38)31(42)40-15-13-39(14-16-40)30(41)23-1-2-29(43-27-5-8-37-21-27)28(19-23)22-3-6-32(34,35)7-4-22;/h1-2,17-20,22,27,36-37H,3-16,21H2;1H. The first kappa shape index (κ1) is 32.4. The van der Waals surface area contributed by atoms with Gasteiger partial charge in [0.2, 0.25) is 5.92 Å². The number of hydrogen-bond donors (Lipinski definition) is 2. The van der Waals surface area contributed by atoms with Crippen LogP contribution in [0.4, 0.5) is 18.9 Å². The summed E-state index contributed by atoms with van der Waals surface area (Å²) in [7, 11) is 0. The van der Waals surface area contributed by atoms with Gasteiger partial charge in [-0.05, 0) is 73.7 Å². The number of alkyl halides is 2. The van der Waals surface area contributed by atoms with Gasteiger partial charge in [0.1, 0.15) is 17.7 Å². The van der Waals surface area contributed by atoms with Gasteiger partial charge in [0, 0.05) is 88.6 Å². The highest BCUT2D eigenvalue weighted by molar-refractivity contribution is 5.96. The van der Waals surface area contributed by atoms with Crippen molar-refractivity contribution in [1.82, 2.24) is 20.4 Å². The minimum absolute atomic E-state index is 0. The zero-order valence-electron chi connectivity index (χ0n) is 24.8. The fourth-order valence-corrected chi connectivity index (χ4v) is 6.65. The molecule has 3 aliphatic heterocycles. The molecule has 0 spiro atoms. The number of rotatable bonds is 6. The van der Waals surface area contributed by atoms with Crippen molar-refractivity contribution >= 4 is 29.9 Å². The van der Waals surface area contributed by atoms with E-state index in [2.05, 4.69) is 15.5 Å². The van der Waals surface area contributed by atoms with Gasteiger partial charge in [0.25, 0.3) is 11.8 Å². The summed E-state index contributed by atoms with van der Waals surface area (Å²) < 4.78 is 48.7. The molecule has 1 aliphatic carbocycles. The fourth-order valence-electron chi connectivity index (χ4n) is 6.65. The van der Waals surface area contributed by atoms with Gasteiger partial charge < -0.3 is 30.1 Å². The van der Waals surface area contributed by atoms with Crippen LogP contribution in [0, 0.1) is 5.82 Å². The molecule has 8 nitrogen and oxygen atoms in total. The second-order valence-corrected chi connectivity index (χ2v) is 12.1. The lowest BCUT2D eigenvalue weighted by Gasteiger charge is -2.35. The maximum atomic E-state index is 14.5. The van der Waals surface area contributed by atoms with Crippen molar-refractivity contribution in [2.75, 3.05) is 70.3 Å². The largest absolute Gasteiger partial charge is 0.489 e. The summed E-state index contributed by atoms with van der Waals surface area (Å²) in [5.74, 6) is -2.91. The molecule has 0 bridgehead atoms. The van der Waals surface area contributed by atoms with E-state index in [-0.39, 0.29) is 49.1 Å². The molecule has 2 N–H and O–H groups in total. The molecule has 1 saturated carbocycles. The van der Waals surface area contributed by atoms with E-state index in [0.29, 0.717) is 61.6 Å². The summed E-state index contributed by atoms with van der Waals surface area (Å²) in [5.41, 5.74) is 2.33. The number of nitrogens with one attached hydrogen (secondary N) is 2. The van der Waals surface area contributed by atoms with Crippen molar-refractivity contribution in [2.45, 2.75) is 50.0 Å². The maximum Gasteiger partial charge on any atom is 0.254 e. The van der Waals surface area contributed by atoms with Gasteiger partial charge in [-0.15, -0.1) is 12.4 Å². The van der Waals surface area contributed by atoms with Crippen molar-refractivity contribution < 1.29 is 27.5 Å². The van der Waals surface area contributed by atoms with Gasteiger partial charge in [-0.2, -0.15) is 0 Å². The van der Waals surface area contributed by atoms with Crippen LogP contribution in [0.15, 0.2) is 36.4 Å². The highest BCUT2D eigenvalue weighted by atomic mass is 35.5. The highest BCUT2D eigenvalue weighted by Gasteiger charge is 2.37. The van der Waals surface area contributed by atoms with Gasteiger partial charge in [-0.1, -0.05) is 0 Å². The van der Waals surface area contributed by atoms with Crippen molar-refractivity contribution in [3.8, 4) is 5.75 Å². The third-order valence-electron chi connectivity index (χ3n) is 9.19. The fraction of sp³-hybridized carbons (Fsp3) is 0.562. The third kappa shape index (κ3) is 7.43. The second-order valence-electron chi connectivity index (χ2n) is 12.1. The van der Waals surface area contributed by atoms with Crippen LogP contribution in [0.25, 0.3) is 0 Å². The van der Waals surface area contributed by atoms with Crippen molar-refractivity contribution in [2.24, 2.45) is 0 Å². The van der Waals surface area contributed by atoms with Crippen LogP contribution in [0.1, 0.15) is 64.3 Å². The SMILES string of the molecule is Cl.O=C(c1cc(F)cc(N2CCNCC2)c1)N1CCN(C(=O)c2ccc(OC3CCNC3)c(C3CCC(F)(F)CC3)c2)CC1. The normalized spacial score (nSPS) is 22.4. The van der Waals surface area contributed by atoms with Gasteiger partial charge >= 0.3 is 0 Å². The number of nitrogens with zero attached hydrogens (tertiary/aromatic N) is 3. The first-order chi connectivity index (χ1) is 20.8. The lowest BCUT2D eigenvalue weighted by molar-refractivity contribution is -0.0384. The Hall–Kier alpha value is -3.02.